The highest BCUT2D eigenvalue weighted by Crippen LogP contribution is 2.14. The van der Waals surface area contributed by atoms with E-state index in [2.05, 4.69) is 0 Å². The zero-order chi connectivity index (χ0) is 18.4. The number of carbonyl (C=O) groups excluding carboxylic acids is 3. The van der Waals surface area contributed by atoms with Crippen LogP contribution in [0.5, 0.6) is 0 Å². The molecule has 0 fully saturated rings. The summed E-state index contributed by atoms with van der Waals surface area (Å²) < 4.78 is 10.2. The molecular weight excluding hydrogens is 302 g/mol. The maximum absolute atomic E-state index is 12.4. The third-order valence-electron chi connectivity index (χ3n) is 2.41. The van der Waals surface area contributed by atoms with Crippen LogP contribution in [0, 0.1) is 0 Å². The number of ether oxygens (including phenoxy) is 2. The third kappa shape index (κ3) is 8.63. The van der Waals surface area contributed by atoms with Crippen molar-refractivity contribution in [2.24, 2.45) is 11.5 Å². The summed E-state index contributed by atoms with van der Waals surface area (Å²) in [6.45, 7) is 10.1. The van der Waals surface area contributed by atoms with E-state index in [1.165, 1.54) is 0 Å². The Morgan fingerprint density at radius 1 is 0.957 bits per heavy atom. The Kier molecular flexibility index (Phi) is 7.82. The second-order valence-corrected chi connectivity index (χ2v) is 7.17. The zero-order valence-electron chi connectivity index (χ0n) is 14.8. The molecule has 0 rings (SSSR count). The monoisotopic (exact) mass is 331 g/mol. The van der Waals surface area contributed by atoms with Gasteiger partial charge in [-0.15, -0.1) is 0 Å². The van der Waals surface area contributed by atoms with E-state index in [4.69, 9.17) is 20.9 Å². The lowest BCUT2D eigenvalue weighted by Gasteiger charge is -2.21. The first kappa shape index (κ1) is 21.5. The lowest BCUT2D eigenvalue weighted by molar-refractivity contribution is -0.126. The molecular formula is C15H29N3O5+. The van der Waals surface area contributed by atoms with Gasteiger partial charge in [-0.05, 0) is 60.9 Å². The van der Waals surface area contributed by atoms with Gasteiger partial charge in [0, 0.05) is 0 Å². The quantitative estimate of drug-likeness (QED) is 0.748. The number of hydrogen-bond acceptors (Lipinski definition) is 7. The van der Waals surface area contributed by atoms with Crippen LogP contribution in [0.25, 0.3) is 0 Å². The van der Waals surface area contributed by atoms with Crippen LogP contribution in [0.2, 0.25) is 0 Å². The van der Waals surface area contributed by atoms with Crippen molar-refractivity contribution in [2.75, 3.05) is 6.54 Å². The summed E-state index contributed by atoms with van der Waals surface area (Å²) in [5.74, 6) is -0.873. The minimum absolute atomic E-state index is 0.247. The Morgan fingerprint density at radius 2 is 1.35 bits per heavy atom. The van der Waals surface area contributed by atoms with Crippen molar-refractivity contribution in [1.82, 2.24) is 4.90 Å². The molecule has 0 aliphatic heterocycles. The van der Waals surface area contributed by atoms with Crippen molar-refractivity contribution in [1.29, 1.82) is 0 Å². The fourth-order valence-corrected chi connectivity index (χ4v) is 1.50. The molecule has 1 atom stereocenters. The van der Waals surface area contributed by atoms with Crippen LogP contribution in [0.1, 0.15) is 54.4 Å². The van der Waals surface area contributed by atoms with Crippen LogP contribution in [0.15, 0.2) is 0 Å². The fourth-order valence-electron chi connectivity index (χ4n) is 1.50. The van der Waals surface area contributed by atoms with E-state index in [1.807, 2.05) is 0 Å². The number of imide groups is 3. The number of nitrogens with two attached hydrogens (primary N) is 2. The van der Waals surface area contributed by atoms with Crippen molar-refractivity contribution >= 4 is 18.1 Å². The normalized spacial score (nSPS) is 13.6. The molecule has 8 nitrogen and oxygen atoms in total. The molecule has 23 heavy (non-hydrogen) atoms. The Hall–Kier alpha value is -1.51. The van der Waals surface area contributed by atoms with Crippen LogP contribution in [0.3, 0.4) is 0 Å². The van der Waals surface area contributed by atoms with Gasteiger partial charge in [0.05, 0.1) is 0 Å². The first-order valence-electron chi connectivity index (χ1n) is 7.54. The number of hydrogen-bond donors (Lipinski definition) is 2. The van der Waals surface area contributed by atoms with E-state index in [1.54, 1.807) is 41.5 Å². The summed E-state index contributed by atoms with van der Waals surface area (Å²) in [7, 11) is 0. The Morgan fingerprint density at radius 3 is 1.65 bits per heavy atom. The molecule has 4 N–H and O–H groups in total. The number of rotatable bonds is 4. The van der Waals surface area contributed by atoms with Gasteiger partial charge in [-0.1, -0.05) is 0 Å². The van der Waals surface area contributed by atoms with E-state index in [-0.39, 0.29) is 6.42 Å². The van der Waals surface area contributed by atoms with Gasteiger partial charge in [-0.2, -0.15) is 9.59 Å². The van der Waals surface area contributed by atoms with Gasteiger partial charge in [0.25, 0.3) is 0 Å². The third-order valence-corrected chi connectivity index (χ3v) is 2.41. The molecule has 0 heterocycles. The molecule has 0 aliphatic rings. The smallest absolute Gasteiger partial charge is 0.410 e. The number of carbonyl (C=O) groups is 3. The first-order chi connectivity index (χ1) is 10.3. The largest absolute Gasteiger partial charge is 0.587 e. The molecule has 8 heteroatoms. The van der Waals surface area contributed by atoms with Crippen LogP contribution < -0.4 is 16.4 Å². The van der Waals surface area contributed by atoms with E-state index in [0.29, 0.717) is 17.9 Å². The molecule has 133 valence electrons. The fraction of sp³-hybridized carbons (Fsp3) is 0.800. The van der Waals surface area contributed by atoms with Gasteiger partial charge in [-0.25, -0.2) is 4.79 Å². The standard InChI is InChI=1S/C15H29N3O5/c1-14(2,3)22-12(20)18(13(21)23-15(4,5)6)11(19)10(17)8-7-9-16/h10H,7-9,16-17H2,1-6H3/q+1/t10-/m0/s1. The average molecular weight is 331 g/mol. The van der Waals surface area contributed by atoms with Gasteiger partial charge in [0.1, 0.15) is 22.1 Å². The molecule has 0 saturated carbocycles. The summed E-state index contributed by atoms with van der Waals surface area (Å²) in [4.78, 5) is 37.1. The summed E-state index contributed by atoms with van der Waals surface area (Å²) in [6.07, 6.45) is -1.49. The van der Waals surface area contributed by atoms with Gasteiger partial charge >= 0.3 is 18.1 Å². The van der Waals surface area contributed by atoms with Crippen molar-refractivity contribution in [3.05, 3.63) is 0 Å². The summed E-state index contributed by atoms with van der Waals surface area (Å²) >= 11 is 0. The molecule has 3 amide bonds. The zero-order valence-corrected chi connectivity index (χ0v) is 14.8. The van der Waals surface area contributed by atoms with Gasteiger partial charge in [-0.3, -0.25) is 0 Å². The molecule has 0 aromatic rings. The molecule has 0 bridgehead atoms. The number of nitrogens with zero attached hydrogens (tertiary/aromatic N) is 1. The van der Waals surface area contributed by atoms with Crippen molar-refractivity contribution < 1.29 is 23.9 Å². The lowest BCUT2D eigenvalue weighted by Crippen LogP contribution is -2.56. The molecule has 0 saturated heterocycles. The minimum atomic E-state index is -1.11. The van der Waals surface area contributed by atoms with Crippen LogP contribution >= 0.6 is 0 Å². The first-order valence-corrected chi connectivity index (χ1v) is 7.54. The van der Waals surface area contributed by atoms with Crippen LogP contribution in [-0.2, 0) is 14.3 Å². The molecule has 1 radical (unpaired) electrons. The SMILES string of the molecule is CC(C)(C)OC(=O)[N+](C(=O)OC(C)(C)C)C(=O)[C@@H](N)CCCN. The van der Waals surface area contributed by atoms with Gasteiger partial charge in [0.15, 0.2) is 0 Å². The highest BCUT2D eigenvalue weighted by atomic mass is 16.6. The molecule has 0 aromatic carbocycles. The second-order valence-electron chi connectivity index (χ2n) is 7.17. The van der Waals surface area contributed by atoms with E-state index in [9.17, 15) is 14.4 Å². The Bertz CT molecular complexity index is 409. The molecule has 0 unspecified atom stereocenters. The van der Waals surface area contributed by atoms with E-state index >= 15 is 0 Å². The molecule has 0 aromatic heterocycles. The number of amides is 3. The minimum Gasteiger partial charge on any atom is -0.410 e. The topological polar surface area (TPSA) is 128 Å². The van der Waals surface area contributed by atoms with Gasteiger partial charge in [0.2, 0.25) is 0 Å². The van der Waals surface area contributed by atoms with E-state index < -0.39 is 35.3 Å². The van der Waals surface area contributed by atoms with E-state index in [0.717, 1.165) is 0 Å². The highest BCUT2D eigenvalue weighted by Gasteiger charge is 2.52. The molecule has 0 spiro atoms. The van der Waals surface area contributed by atoms with Crippen LogP contribution in [0.4, 0.5) is 9.59 Å². The predicted octanol–water partition coefficient (Wildman–Crippen LogP) is 1.59. The summed E-state index contributed by atoms with van der Waals surface area (Å²) in [5.41, 5.74) is 9.37. The Labute approximate surface area is 137 Å². The average Bonchev–Trinajstić information content (AvgIpc) is 2.31. The van der Waals surface area contributed by atoms with Crippen molar-refractivity contribution in [3.63, 3.8) is 0 Å². The van der Waals surface area contributed by atoms with Gasteiger partial charge < -0.3 is 20.9 Å². The summed E-state index contributed by atoms with van der Waals surface area (Å²) in [5, 5.41) is 0. The Balaban J connectivity index is 5.32. The summed E-state index contributed by atoms with van der Waals surface area (Å²) in [6, 6.07) is -1.04. The maximum Gasteiger partial charge on any atom is 0.587 e. The predicted molar refractivity (Wildman–Crippen MR) is 85.9 cm³/mol. The second kappa shape index (κ2) is 8.37. The molecule has 0 aliphatic carbocycles. The maximum atomic E-state index is 12.4. The van der Waals surface area contributed by atoms with Crippen LogP contribution in [-0.4, -0.2) is 41.9 Å². The lowest BCUT2D eigenvalue weighted by atomic mass is 10.1. The van der Waals surface area contributed by atoms with Crippen molar-refractivity contribution in [2.45, 2.75) is 71.6 Å². The van der Waals surface area contributed by atoms with Crippen molar-refractivity contribution in [3.8, 4) is 0 Å². The highest BCUT2D eigenvalue weighted by molar-refractivity contribution is 6.12.